The van der Waals surface area contributed by atoms with Crippen LogP contribution < -0.4 is 5.73 Å². The number of imidazole rings is 1. The Morgan fingerprint density at radius 1 is 1.50 bits per heavy atom. The summed E-state index contributed by atoms with van der Waals surface area (Å²) in [6.07, 6.45) is 11.2. The van der Waals surface area contributed by atoms with Gasteiger partial charge in [0.05, 0.1) is 18.7 Å². The van der Waals surface area contributed by atoms with Crippen LogP contribution in [0.5, 0.6) is 0 Å². The quantitative estimate of drug-likeness (QED) is 0.538. The highest BCUT2D eigenvalue weighted by molar-refractivity contribution is 7.88. The number of carbonyl (C=O) groups excluding carboxylic acids is 1. The average Bonchev–Trinajstić information content (AvgIpc) is 3.17. The number of piperidine rings is 1. The lowest BCUT2D eigenvalue weighted by Crippen LogP contribution is -2.60. The van der Waals surface area contributed by atoms with Crippen molar-refractivity contribution in [1.29, 1.82) is 0 Å². The molecule has 3 rings (SSSR count). The first-order chi connectivity index (χ1) is 13.2. The fourth-order valence-corrected chi connectivity index (χ4v) is 5.39. The lowest BCUT2D eigenvalue weighted by atomic mass is 9.87. The fraction of sp³-hybridized carbons (Fsp3) is 0.722. The third-order valence-electron chi connectivity index (χ3n) is 5.93. The Morgan fingerprint density at radius 3 is 2.93 bits per heavy atom. The van der Waals surface area contributed by atoms with Gasteiger partial charge in [0.2, 0.25) is 15.9 Å². The molecule has 2 saturated heterocycles. The van der Waals surface area contributed by atoms with E-state index in [2.05, 4.69) is 11.4 Å². The van der Waals surface area contributed by atoms with Crippen LogP contribution in [-0.4, -0.2) is 81.8 Å². The number of amides is 1. The third kappa shape index (κ3) is 4.56. The molecule has 1 amide bonds. The summed E-state index contributed by atoms with van der Waals surface area (Å²) in [7, 11) is -3.45. The Bertz CT molecular complexity index is 765. The predicted molar refractivity (Wildman–Crippen MR) is 104 cm³/mol. The van der Waals surface area contributed by atoms with Crippen molar-refractivity contribution in [3.63, 3.8) is 0 Å². The van der Waals surface area contributed by atoms with E-state index >= 15 is 0 Å². The molecule has 3 heterocycles. The van der Waals surface area contributed by atoms with Crippen LogP contribution in [0.1, 0.15) is 32.1 Å². The van der Waals surface area contributed by atoms with E-state index in [4.69, 9.17) is 5.73 Å². The molecule has 2 fully saturated rings. The maximum Gasteiger partial charge on any atom is 0.237 e. The summed E-state index contributed by atoms with van der Waals surface area (Å²) in [5, 5.41) is 10.7. The smallest absolute Gasteiger partial charge is 0.237 e. The highest BCUT2D eigenvalue weighted by Gasteiger charge is 2.53. The van der Waals surface area contributed by atoms with Crippen molar-refractivity contribution >= 4 is 15.9 Å². The zero-order valence-electron chi connectivity index (χ0n) is 16.3. The van der Waals surface area contributed by atoms with E-state index in [1.807, 2.05) is 15.7 Å². The zero-order valence-corrected chi connectivity index (χ0v) is 17.1. The van der Waals surface area contributed by atoms with E-state index in [0.717, 1.165) is 19.1 Å². The minimum Gasteiger partial charge on any atom is -0.390 e. The third-order valence-corrected chi connectivity index (χ3v) is 7.20. The van der Waals surface area contributed by atoms with E-state index in [1.54, 1.807) is 12.5 Å². The lowest BCUT2D eigenvalue weighted by molar-refractivity contribution is -0.131. The van der Waals surface area contributed by atoms with Gasteiger partial charge in [-0.25, -0.2) is 13.4 Å². The second-order valence-corrected chi connectivity index (χ2v) is 9.88. The molecule has 0 aromatic carbocycles. The zero-order chi connectivity index (χ0) is 20.4. The number of nitrogens with zero attached hydrogens (tertiary/aromatic N) is 4. The molecule has 3 atom stereocenters. The molecule has 2 aliphatic rings. The van der Waals surface area contributed by atoms with Crippen LogP contribution in [0.15, 0.2) is 18.7 Å². The molecule has 0 spiro atoms. The number of aliphatic hydroxyl groups is 1. The number of hydrogen-bond donors (Lipinski definition) is 2. The van der Waals surface area contributed by atoms with E-state index in [9.17, 15) is 18.3 Å². The number of β-amino-alcohol motifs (C(OH)–C–C–N with tert-alkyl or cyclic N) is 1. The molecular weight excluding hydrogens is 382 g/mol. The van der Waals surface area contributed by atoms with Crippen molar-refractivity contribution < 1.29 is 18.3 Å². The van der Waals surface area contributed by atoms with Gasteiger partial charge in [0.15, 0.2) is 0 Å². The molecule has 28 heavy (non-hydrogen) atoms. The molecule has 2 bridgehead atoms. The minimum absolute atomic E-state index is 0.00450. The number of rotatable bonds is 10. The molecular formula is C18H30N5O4S. The van der Waals surface area contributed by atoms with Gasteiger partial charge < -0.3 is 15.4 Å². The molecule has 1 unspecified atom stereocenters. The Morgan fingerprint density at radius 2 is 2.29 bits per heavy atom. The van der Waals surface area contributed by atoms with Crippen molar-refractivity contribution in [3.05, 3.63) is 25.1 Å². The van der Waals surface area contributed by atoms with Crippen LogP contribution in [0, 0.1) is 6.42 Å². The normalized spacial score (nSPS) is 26.6. The fourth-order valence-electron chi connectivity index (χ4n) is 4.48. The second-order valence-electron chi connectivity index (χ2n) is 7.90. The van der Waals surface area contributed by atoms with Crippen LogP contribution in [-0.2, 0) is 21.4 Å². The molecule has 3 N–H and O–H groups in total. The molecule has 157 valence electrons. The predicted octanol–water partition coefficient (Wildman–Crippen LogP) is -0.418. The monoisotopic (exact) mass is 412 g/mol. The van der Waals surface area contributed by atoms with Crippen molar-refractivity contribution in [2.45, 2.75) is 56.3 Å². The average molecular weight is 413 g/mol. The largest absolute Gasteiger partial charge is 0.390 e. The summed E-state index contributed by atoms with van der Waals surface area (Å²) in [5.74, 6) is -0.363. The number of sulfonamides is 1. The van der Waals surface area contributed by atoms with Gasteiger partial charge in [0.25, 0.3) is 0 Å². The number of aryl methyl sites for hydroxylation is 1. The van der Waals surface area contributed by atoms with Crippen molar-refractivity contribution in [3.8, 4) is 0 Å². The SMILES string of the molecule is CS(=O)(=O)N(CCCn1ccnc1)CC(O)CN1[C@@H]2C[CH]C[C@@]1(C(N)=O)CC2. The van der Waals surface area contributed by atoms with Crippen molar-refractivity contribution in [2.75, 3.05) is 25.9 Å². The van der Waals surface area contributed by atoms with Gasteiger partial charge in [0.1, 0.15) is 5.54 Å². The molecule has 9 nitrogen and oxygen atoms in total. The Hall–Kier alpha value is -1.49. The topological polar surface area (TPSA) is 122 Å². The maximum atomic E-state index is 12.2. The van der Waals surface area contributed by atoms with Crippen LogP contribution in [0.25, 0.3) is 0 Å². The van der Waals surface area contributed by atoms with Gasteiger partial charge in [-0.1, -0.05) is 0 Å². The summed E-state index contributed by atoms with van der Waals surface area (Å²) in [5.41, 5.74) is 4.96. The molecule has 0 saturated carbocycles. The van der Waals surface area contributed by atoms with Crippen LogP contribution >= 0.6 is 0 Å². The van der Waals surface area contributed by atoms with E-state index < -0.39 is 21.7 Å². The van der Waals surface area contributed by atoms with E-state index in [1.165, 1.54) is 4.31 Å². The maximum absolute atomic E-state index is 12.2. The molecule has 10 heteroatoms. The number of hydrogen-bond acceptors (Lipinski definition) is 6. The second kappa shape index (κ2) is 8.48. The Labute approximate surface area is 166 Å². The first kappa shape index (κ1) is 21.2. The number of nitrogens with two attached hydrogens (primary N) is 1. The highest BCUT2D eigenvalue weighted by Crippen LogP contribution is 2.43. The summed E-state index contributed by atoms with van der Waals surface area (Å²) in [4.78, 5) is 18.1. The van der Waals surface area contributed by atoms with Gasteiger partial charge in [-0.3, -0.25) is 9.69 Å². The van der Waals surface area contributed by atoms with Crippen molar-refractivity contribution in [2.24, 2.45) is 5.73 Å². The molecule has 2 aliphatic heterocycles. The van der Waals surface area contributed by atoms with Crippen LogP contribution in [0.2, 0.25) is 0 Å². The number of aromatic nitrogens is 2. The van der Waals surface area contributed by atoms with Gasteiger partial charge in [-0.05, 0) is 38.5 Å². The standard InChI is InChI=1S/C18H30N5O4S/c1-28(26,27)22(10-3-9-21-11-8-20-14-21)12-16(24)13-23-15-4-2-6-18(23,7-5-15)17(19)25/h2,8,11,14-16,24H,3-7,9-10,12-13H2,1H3,(H2,19,25)/t15-,16?,18+/m1/s1. The highest BCUT2D eigenvalue weighted by atomic mass is 32.2. The summed E-state index contributed by atoms with van der Waals surface area (Å²) >= 11 is 0. The first-order valence-corrected chi connectivity index (χ1v) is 11.5. The Balaban J connectivity index is 1.60. The van der Waals surface area contributed by atoms with Crippen LogP contribution in [0.4, 0.5) is 0 Å². The van der Waals surface area contributed by atoms with Gasteiger partial charge in [-0.2, -0.15) is 4.31 Å². The summed E-state index contributed by atoms with van der Waals surface area (Å²) in [6.45, 7) is 1.21. The lowest BCUT2D eigenvalue weighted by Gasteiger charge is -2.43. The first-order valence-electron chi connectivity index (χ1n) is 9.69. The molecule has 0 aliphatic carbocycles. The number of carbonyl (C=O) groups is 1. The number of aliphatic hydroxyl groups excluding tert-OH is 1. The number of primary amides is 1. The van der Waals surface area contributed by atoms with E-state index in [-0.39, 0.29) is 25.0 Å². The summed E-state index contributed by atoms with van der Waals surface area (Å²) < 4.78 is 27.5. The van der Waals surface area contributed by atoms with Crippen LogP contribution in [0.3, 0.4) is 0 Å². The summed E-state index contributed by atoms with van der Waals surface area (Å²) in [6, 6.07) is 0.184. The molecule has 1 radical (unpaired) electrons. The molecule has 1 aromatic heterocycles. The van der Waals surface area contributed by atoms with Gasteiger partial charge in [0, 0.05) is 44.6 Å². The molecule has 1 aromatic rings. The van der Waals surface area contributed by atoms with Gasteiger partial charge >= 0.3 is 0 Å². The van der Waals surface area contributed by atoms with Crippen molar-refractivity contribution in [1.82, 2.24) is 18.8 Å². The Kier molecular flexibility index (Phi) is 6.43. The number of fused-ring (bicyclic) bond motifs is 2. The van der Waals surface area contributed by atoms with E-state index in [0.29, 0.717) is 32.4 Å². The minimum atomic E-state index is -3.45. The van der Waals surface area contributed by atoms with Gasteiger partial charge in [-0.15, -0.1) is 0 Å².